The van der Waals surface area contributed by atoms with Gasteiger partial charge >= 0.3 is 0 Å². The second-order valence-electron chi connectivity index (χ2n) is 5.88. The number of hydrogen-bond donors (Lipinski definition) is 2. The van der Waals surface area contributed by atoms with E-state index in [4.69, 9.17) is 10.5 Å². The normalized spacial score (nSPS) is 11.6. The zero-order chi connectivity index (χ0) is 15.6. The van der Waals surface area contributed by atoms with Gasteiger partial charge < -0.3 is 15.8 Å². The maximum atomic E-state index is 12.4. The second-order valence-corrected chi connectivity index (χ2v) is 6.93. The van der Waals surface area contributed by atoms with Crippen molar-refractivity contribution in [3.63, 3.8) is 0 Å². The minimum absolute atomic E-state index is 0.0821. The number of nitrogen functional groups attached to an aromatic ring is 1. The number of nitrogens with one attached hydrogen (secondary N) is 1. The van der Waals surface area contributed by atoms with Gasteiger partial charge in [-0.2, -0.15) is 0 Å². The van der Waals surface area contributed by atoms with Crippen LogP contribution in [0.15, 0.2) is 18.2 Å². The van der Waals surface area contributed by atoms with E-state index < -0.39 is 0 Å². The Morgan fingerprint density at radius 3 is 2.76 bits per heavy atom. The molecule has 0 radical (unpaired) electrons. The second kappa shape index (κ2) is 5.93. The Hall–Kier alpha value is -1.75. The third-order valence-corrected chi connectivity index (χ3v) is 4.99. The van der Waals surface area contributed by atoms with Gasteiger partial charge in [-0.05, 0) is 24.0 Å². The minimum atomic E-state index is -0.114. The standard InChI is InChI=1S/C16H22N2O2S/c1-5-16(2,3)9-18-15(19)14-13(17)12-10(20-4)7-6-8-11(12)21-14/h6-8H,5,9,17H2,1-4H3,(H,18,19). The summed E-state index contributed by atoms with van der Waals surface area (Å²) < 4.78 is 6.29. The maximum Gasteiger partial charge on any atom is 0.263 e. The molecule has 21 heavy (non-hydrogen) atoms. The van der Waals surface area contributed by atoms with Crippen LogP contribution in [0.25, 0.3) is 10.1 Å². The largest absolute Gasteiger partial charge is 0.496 e. The first-order valence-corrected chi connectivity index (χ1v) is 7.84. The SMILES string of the molecule is CCC(C)(C)CNC(=O)c1sc2cccc(OC)c2c1N. The van der Waals surface area contributed by atoms with Crippen LogP contribution in [-0.2, 0) is 0 Å². The number of carbonyl (C=O) groups is 1. The van der Waals surface area contributed by atoms with Gasteiger partial charge in [0.05, 0.1) is 18.2 Å². The quantitative estimate of drug-likeness (QED) is 0.886. The number of hydrogen-bond acceptors (Lipinski definition) is 4. The fraction of sp³-hybridized carbons (Fsp3) is 0.438. The molecule has 0 spiro atoms. The van der Waals surface area contributed by atoms with E-state index in [0.29, 0.717) is 22.9 Å². The lowest BCUT2D eigenvalue weighted by molar-refractivity contribution is 0.0940. The van der Waals surface area contributed by atoms with E-state index in [1.807, 2.05) is 18.2 Å². The van der Waals surface area contributed by atoms with Gasteiger partial charge in [-0.3, -0.25) is 4.79 Å². The van der Waals surface area contributed by atoms with Crippen molar-refractivity contribution < 1.29 is 9.53 Å². The topological polar surface area (TPSA) is 64.3 Å². The van der Waals surface area contributed by atoms with E-state index in [1.165, 1.54) is 11.3 Å². The first kappa shape index (κ1) is 15.6. The lowest BCUT2D eigenvalue weighted by atomic mass is 9.90. The Bertz CT molecular complexity index is 662. The molecule has 2 aromatic rings. The Labute approximate surface area is 129 Å². The van der Waals surface area contributed by atoms with Crippen LogP contribution >= 0.6 is 11.3 Å². The van der Waals surface area contributed by atoms with E-state index in [2.05, 4.69) is 26.1 Å². The van der Waals surface area contributed by atoms with Crippen molar-refractivity contribution in [1.82, 2.24) is 5.32 Å². The molecule has 5 heteroatoms. The number of anilines is 1. The van der Waals surface area contributed by atoms with Crippen molar-refractivity contribution in [2.75, 3.05) is 19.4 Å². The summed E-state index contributed by atoms with van der Waals surface area (Å²) in [5.41, 5.74) is 6.74. The van der Waals surface area contributed by atoms with Crippen molar-refractivity contribution in [3.05, 3.63) is 23.1 Å². The average molecular weight is 306 g/mol. The maximum absolute atomic E-state index is 12.4. The molecule has 0 unspecified atom stereocenters. The van der Waals surface area contributed by atoms with Crippen LogP contribution in [0.2, 0.25) is 0 Å². The molecule has 3 N–H and O–H groups in total. The van der Waals surface area contributed by atoms with Crippen LogP contribution in [0.4, 0.5) is 5.69 Å². The summed E-state index contributed by atoms with van der Waals surface area (Å²) in [6, 6.07) is 5.71. The molecule has 4 nitrogen and oxygen atoms in total. The highest BCUT2D eigenvalue weighted by molar-refractivity contribution is 7.21. The summed E-state index contributed by atoms with van der Waals surface area (Å²) in [4.78, 5) is 12.9. The summed E-state index contributed by atoms with van der Waals surface area (Å²) in [6.45, 7) is 7.01. The monoisotopic (exact) mass is 306 g/mol. The first-order chi connectivity index (χ1) is 9.89. The summed E-state index contributed by atoms with van der Waals surface area (Å²) >= 11 is 1.40. The molecule has 0 aliphatic rings. The molecule has 0 saturated carbocycles. The zero-order valence-corrected chi connectivity index (χ0v) is 13.8. The number of amides is 1. The van der Waals surface area contributed by atoms with E-state index in [0.717, 1.165) is 16.5 Å². The Balaban J connectivity index is 2.30. The third kappa shape index (κ3) is 3.13. The number of rotatable bonds is 5. The highest BCUT2D eigenvalue weighted by Gasteiger charge is 2.21. The fourth-order valence-corrected chi connectivity index (χ4v) is 3.06. The van der Waals surface area contributed by atoms with Crippen LogP contribution in [0.5, 0.6) is 5.75 Å². The number of fused-ring (bicyclic) bond motifs is 1. The molecule has 0 fully saturated rings. The average Bonchev–Trinajstić information content (AvgIpc) is 2.82. The van der Waals surface area contributed by atoms with Gasteiger partial charge in [-0.25, -0.2) is 0 Å². The predicted octanol–water partition coefficient (Wildman–Crippen LogP) is 3.66. The Morgan fingerprint density at radius 1 is 1.43 bits per heavy atom. The van der Waals surface area contributed by atoms with Crippen LogP contribution in [0, 0.1) is 5.41 Å². The summed E-state index contributed by atoms with van der Waals surface area (Å²) in [6.07, 6.45) is 1.00. The van der Waals surface area contributed by atoms with Gasteiger partial charge in [0.2, 0.25) is 0 Å². The lowest BCUT2D eigenvalue weighted by Crippen LogP contribution is -2.33. The highest BCUT2D eigenvalue weighted by Crippen LogP contribution is 2.39. The third-order valence-electron chi connectivity index (χ3n) is 3.82. The molecule has 1 aromatic heterocycles. The van der Waals surface area contributed by atoms with Gasteiger partial charge in [0.1, 0.15) is 10.6 Å². The smallest absolute Gasteiger partial charge is 0.263 e. The van der Waals surface area contributed by atoms with Crippen molar-refractivity contribution >= 4 is 33.0 Å². The van der Waals surface area contributed by atoms with Gasteiger partial charge in [0, 0.05) is 11.2 Å². The molecule has 1 heterocycles. The van der Waals surface area contributed by atoms with Gasteiger partial charge in [-0.1, -0.05) is 26.8 Å². The lowest BCUT2D eigenvalue weighted by Gasteiger charge is -2.22. The van der Waals surface area contributed by atoms with Gasteiger partial charge in [0.25, 0.3) is 5.91 Å². The molecule has 0 bridgehead atoms. The summed E-state index contributed by atoms with van der Waals surface area (Å²) in [5.74, 6) is 0.589. The van der Waals surface area contributed by atoms with E-state index >= 15 is 0 Å². The number of methoxy groups -OCH3 is 1. The minimum Gasteiger partial charge on any atom is -0.496 e. The number of thiophene rings is 1. The van der Waals surface area contributed by atoms with E-state index in [9.17, 15) is 4.79 Å². The molecule has 0 aliphatic carbocycles. The number of benzene rings is 1. The van der Waals surface area contributed by atoms with Crippen LogP contribution in [-0.4, -0.2) is 19.6 Å². The van der Waals surface area contributed by atoms with Crippen LogP contribution in [0.3, 0.4) is 0 Å². The Morgan fingerprint density at radius 2 is 2.14 bits per heavy atom. The van der Waals surface area contributed by atoms with Crippen molar-refractivity contribution in [2.45, 2.75) is 27.2 Å². The number of ether oxygens (including phenoxy) is 1. The molecule has 0 atom stereocenters. The molecule has 1 amide bonds. The van der Waals surface area contributed by atoms with E-state index in [1.54, 1.807) is 7.11 Å². The van der Waals surface area contributed by atoms with Crippen LogP contribution in [0.1, 0.15) is 36.9 Å². The zero-order valence-electron chi connectivity index (χ0n) is 12.9. The number of carbonyl (C=O) groups excluding carboxylic acids is 1. The molecule has 0 aliphatic heterocycles. The van der Waals surface area contributed by atoms with Gasteiger partial charge in [0.15, 0.2) is 0 Å². The van der Waals surface area contributed by atoms with Crippen molar-refractivity contribution in [1.29, 1.82) is 0 Å². The molecular formula is C16H22N2O2S. The van der Waals surface area contributed by atoms with E-state index in [-0.39, 0.29) is 11.3 Å². The summed E-state index contributed by atoms with van der Waals surface area (Å²) in [5, 5.41) is 3.80. The Kier molecular flexibility index (Phi) is 4.42. The molecule has 0 saturated heterocycles. The number of nitrogens with two attached hydrogens (primary N) is 1. The van der Waals surface area contributed by atoms with Crippen molar-refractivity contribution in [3.8, 4) is 5.75 Å². The molecule has 2 rings (SSSR count). The van der Waals surface area contributed by atoms with Crippen molar-refractivity contribution in [2.24, 2.45) is 5.41 Å². The molecule has 114 valence electrons. The molecule has 1 aromatic carbocycles. The molecular weight excluding hydrogens is 284 g/mol. The van der Waals surface area contributed by atoms with Crippen LogP contribution < -0.4 is 15.8 Å². The van der Waals surface area contributed by atoms with Gasteiger partial charge in [-0.15, -0.1) is 11.3 Å². The first-order valence-electron chi connectivity index (χ1n) is 7.03. The summed E-state index contributed by atoms with van der Waals surface area (Å²) in [7, 11) is 1.61. The fourth-order valence-electron chi connectivity index (χ4n) is 2.00. The predicted molar refractivity (Wildman–Crippen MR) is 89.2 cm³/mol. The highest BCUT2D eigenvalue weighted by atomic mass is 32.1.